The molecule has 0 bridgehead atoms. The number of hydrogen-bond acceptors (Lipinski definition) is 4. The molecule has 10 heteroatoms. The summed E-state index contributed by atoms with van der Waals surface area (Å²) in [4.78, 5) is 28.1. The zero-order valence-electron chi connectivity index (χ0n) is 21.5. The Kier molecular flexibility index (Phi) is 10.2. The van der Waals surface area contributed by atoms with Crippen LogP contribution in [0.5, 0.6) is 0 Å². The average molecular weight is 577 g/mol. The molecule has 0 saturated carbocycles. The van der Waals surface area contributed by atoms with Crippen LogP contribution in [0.2, 0.25) is 10.0 Å². The van der Waals surface area contributed by atoms with Crippen molar-refractivity contribution in [3.05, 3.63) is 94.0 Å². The monoisotopic (exact) mass is 575 g/mol. The number of rotatable bonds is 11. The lowest BCUT2D eigenvalue weighted by Crippen LogP contribution is -2.51. The van der Waals surface area contributed by atoms with Crippen LogP contribution >= 0.6 is 23.2 Å². The molecule has 0 saturated heterocycles. The van der Waals surface area contributed by atoms with E-state index in [0.29, 0.717) is 16.6 Å². The molecule has 0 aliphatic rings. The fourth-order valence-corrected chi connectivity index (χ4v) is 5.48. The van der Waals surface area contributed by atoms with Gasteiger partial charge in [0.25, 0.3) is 10.0 Å². The molecule has 0 aliphatic carbocycles. The molecule has 0 heterocycles. The molecular formula is C28H31Cl2N3O4S. The van der Waals surface area contributed by atoms with Crippen LogP contribution in [0.25, 0.3) is 0 Å². The predicted molar refractivity (Wildman–Crippen MR) is 152 cm³/mol. The number of amides is 2. The van der Waals surface area contributed by atoms with Gasteiger partial charge in [-0.2, -0.15) is 0 Å². The molecule has 1 atom stereocenters. The number of halogens is 2. The van der Waals surface area contributed by atoms with E-state index in [1.807, 2.05) is 6.92 Å². The highest BCUT2D eigenvalue weighted by Crippen LogP contribution is 2.28. The van der Waals surface area contributed by atoms with Gasteiger partial charge in [-0.3, -0.25) is 13.9 Å². The lowest BCUT2D eigenvalue weighted by atomic mass is 10.1. The molecule has 202 valence electrons. The van der Waals surface area contributed by atoms with Crippen molar-refractivity contribution in [2.24, 2.45) is 0 Å². The van der Waals surface area contributed by atoms with Gasteiger partial charge in [-0.15, -0.1) is 0 Å². The zero-order chi connectivity index (χ0) is 27.9. The van der Waals surface area contributed by atoms with Crippen LogP contribution in [0.1, 0.15) is 31.4 Å². The molecule has 3 rings (SSSR count). The number of sulfonamides is 1. The standard InChI is InChI=1S/C28H31Cl2N3O4S/c1-4-16-31-28(35)21(3)32(18-22-11-13-23(29)14-12-22)27(34)19-33(24-15-10-20(2)26(30)17-24)38(36,37)25-8-6-5-7-9-25/h5-15,17,21H,4,16,18-19H2,1-3H3,(H,31,35)/t21-/m0/s1. The van der Waals surface area contributed by atoms with Crippen LogP contribution in [0.4, 0.5) is 5.69 Å². The molecule has 38 heavy (non-hydrogen) atoms. The van der Waals surface area contributed by atoms with Gasteiger partial charge in [-0.25, -0.2) is 8.42 Å². The number of hydrogen-bond donors (Lipinski definition) is 1. The number of nitrogens with one attached hydrogen (secondary N) is 1. The maximum Gasteiger partial charge on any atom is 0.264 e. The molecule has 7 nitrogen and oxygen atoms in total. The van der Waals surface area contributed by atoms with Crippen molar-refractivity contribution in [3.63, 3.8) is 0 Å². The van der Waals surface area contributed by atoms with Crippen LogP contribution in [0.3, 0.4) is 0 Å². The topological polar surface area (TPSA) is 86.8 Å². The Labute approximate surface area is 234 Å². The summed E-state index contributed by atoms with van der Waals surface area (Å²) in [6.07, 6.45) is 0.737. The molecule has 3 aromatic rings. The van der Waals surface area contributed by atoms with Gasteiger partial charge in [0.1, 0.15) is 12.6 Å². The minimum absolute atomic E-state index is 0.0301. The van der Waals surface area contributed by atoms with E-state index in [2.05, 4.69) is 5.32 Å². The van der Waals surface area contributed by atoms with Gasteiger partial charge in [-0.05, 0) is 67.8 Å². The highest BCUT2D eigenvalue weighted by atomic mass is 35.5. The first kappa shape index (κ1) is 29.5. The zero-order valence-corrected chi connectivity index (χ0v) is 23.9. The minimum atomic E-state index is -4.14. The van der Waals surface area contributed by atoms with Gasteiger partial charge >= 0.3 is 0 Å². The molecule has 0 fully saturated rings. The number of carbonyl (C=O) groups excluding carboxylic acids is 2. The van der Waals surface area contributed by atoms with Crippen LogP contribution in [0.15, 0.2) is 77.7 Å². The van der Waals surface area contributed by atoms with Gasteiger partial charge in [0, 0.05) is 23.1 Å². The van der Waals surface area contributed by atoms with Crippen LogP contribution in [0, 0.1) is 6.92 Å². The highest BCUT2D eigenvalue weighted by Gasteiger charge is 2.32. The van der Waals surface area contributed by atoms with E-state index in [9.17, 15) is 18.0 Å². The van der Waals surface area contributed by atoms with E-state index in [1.54, 1.807) is 68.4 Å². The van der Waals surface area contributed by atoms with Crippen molar-refractivity contribution in [2.45, 2.75) is 44.7 Å². The van der Waals surface area contributed by atoms with Crippen LogP contribution < -0.4 is 9.62 Å². The number of anilines is 1. The third-order valence-corrected chi connectivity index (χ3v) is 8.48. The molecule has 1 N–H and O–H groups in total. The van der Waals surface area contributed by atoms with E-state index >= 15 is 0 Å². The molecule has 0 spiro atoms. The lowest BCUT2D eigenvalue weighted by molar-refractivity contribution is -0.139. The first-order valence-corrected chi connectivity index (χ1v) is 14.4. The number of benzene rings is 3. The second-order valence-corrected chi connectivity index (χ2v) is 11.6. The van der Waals surface area contributed by atoms with E-state index < -0.39 is 28.5 Å². The summed E-state index contributed by atoms with van der Waals surface area (Å²) in [5.74, 6) is -0.875. The predicted octanol–water partition coefficient (Wildman–Crippen LogP) is 5.44. The van der Waals surface area contributed by atoms with E-state index in [4.69, 9.17) is 23.2 Å². The third-order valence-electron chi connectivity index (χ3n) is 6.04. The Balaban J connectivity index is 2.02. The average Bonchev–Trinajstić information content (AvgIpc) is 2.91. The van der Waals surface area contributed by atoms with E-state index in [1.165, 1.54) is 23.1 Å². The van der Waals surface area contributed by atoms with Crippen molar-refractivity contribution in [2.75, 3.05) is 17.4 Å². The minimum Gasteiger partial charge on any atom is -0.354 e. The summed E-state index contributed by atoms with van der Waals surface area (Å²) in [5, 5.41) is 3.72. The first-order valence-electron chi connectivity index (χ1n) is 12.2. The lowest BCUT2D eigenvalue weighted by Gasteiger charge is -2.32. The van der Waals surface area contributed by atoms with Gasteiger partial charge in [-0.1, -0.05) is 66.5 Å². The summed E-state index contributed by atoms with van der Waals surface area (Å²) >= 11 is 12.4. The Hall–Kier alpha value is -3.07. The van der Waals surface area contributed by atoms with E-state index in [0.717, 1.165) is 21.9 Å². The van der Waals surface area contributed by atoms with Crippen molar-refractivity contribution >= 4 is 50.7 Å². The van der Waals surface area contributed by atoms with E-state index in [-0.39, 0.29) is 23.0 Å². The fraction of sp³-hybridized carbons (Fsp3) is 0.286. The summed E-state index contributed by atoms with van der Waals surface area (Å²) in [7, 11) is -4.14. The Bertz CT molecular complexity index is 1370. The number of carbonyl (C=O) groups is 2. The molecular weight excluding hydrogens is 545 g/mol. The summed E-state index contributed by atoms with van der Waals surface area (Å²) in [6.45, 7) is 5.37. The molecule has 0 aliphatic heterocycles. The van der Waals surface area contributed by atoms with Crippen molar-refractivity contribution in [3.8, 4) is 0 Å². The maximum absolute atomic E-state index is 13.8. The number of aryl methyl sites for hydroxylation is 1. The highest BCUT2D eigenvalue weighted by molar-refractivity contribution is 7.92. The van der Waals surface area contributed by atoms with Crippen LogP contribution in [-0.4, -0.2) is 44.3 Å². The smallest absolute Gasteiger partial charge is 0.264 e. The summed E-state index contributed by atoms with van der Waals surface area (Å²) in [6, 6.07) is 18.8. The molecule has 0 aromatic heterocycles. The molecule has 0 unspecified atom stereocenters. The maximum atomic E-state index is 13.8. The van der Waals surface area contributed by atoms with Crippen molar-refractivity contribution < 1.29 is 18.0 Å². The fourth-order valence-electron chi connectivity index (χ4n) is 3.75. The molecule has 2 amide bonds. The summed E-state index contributed by atoms with van der Waals surface area (Å²) in [5.41, 5.74) is 1.76. The SMILES string of the molecule is CCCNC(=O)[C@H](C)N(Cc1ccc(Cl)cc1)C(=O)CN(c1ccc(C)c(Cl)c1)S(=O)(=O)c1ccccc1. The summed E-state index contributed by atoms with van der Waals surface area (Å²) < 4.78 is 28.5. The van der Waals surface area contributed by atoms with Crippen LogP contribution in [-0.2, 0) is 26.2 Å². The molecule has 0 radical (unpaired) electrons. The van der Waals surface area contributed by atoms with Gasteiger partial charge < -0.3 is 10.2 Å². The van der Waals surface area contributed by atoms with Crippen molar-refractivity contribution in [1.82, 2.24) is 10.2 Å². The van der Waals surface area contributed by atoms with Gasteiger partial charge in [0.2, 0.25) is 11.8 Å². The second kappa shape index (κ2) is 13.1. The van der Waals surface area contributed by atoms with Crippen molar-refractivity contribution in [1.29, 1.82) is 0 Å². The Morgan fingerprint density at radius 3 is 2.24 bits per heavy atom. The largest absolute Gasteiger partial charge is 0.354 e. The quantitative estimate of drug-likeness (QED) is 0.330. The Morgan fingerprint density at radius 1 is 0.974 bits per heavy atom. The van der Waals surface area contributed by atoms with Gasteiger partial charge in [0.15, 0.2) is 0 Å². The Morgan fingerprint density at radius 2 is 1.63 bits per heavy atom. The van der Waals surface area contributed by atoms with Gasteiger partial charge in [0.05, 0.1) is 10.6 Å². The third kappa shape index (κ3) is 7.28. The molecule has 3 aromatic carbocycles. The second-order valence-electron chi connectivity index (χ2n) is 8.87. The normalized spacial score (nSPS) is 12.0. The number of nitrogens with zero attached hydrogens (tertiary/aromatic N) is 2. The first-order chi connectivity index (χ1) is 18.0.